The highest BCUT2D eigenvalue weighted by atomic mass is 32.2. The van der Waals surface area contributed by atoms with E-state index in [0.29, 0.717) is 13.0 Å². The summed E-state index contributed by atoms with van der Waals surface area (Å²) < 4.78 is 36.9. The smallest absolute Gasteiger partial charge is 0.431 e. The molecule has 0 bridgehead atoms. The molecule has 194 valence electrons. The lowest BCUT2D eigenvalue weighted by molar-refractivity contribution is -0.120. The topological polar surface area (TPSA) is 141 Å². The monoisotopic (exact) mass is 525 g/mol. The van der Waals surface area contributed by atoms with Gasteiger partial charge in [0.05, 0.1) is 23.0 Å². The number of carbonyl (C=O) groups is 3. The Balaban J connectivity index is 1.50. The van der Waals surface area contributed by atoms with E-state index >= 15 is 0 Å². The van der Waals surface area contributed by atoms with Crippen molar-refractivity contribution in [3.05, 3.63) is 89.6 Å². The zero-order valence-electron chi connectivity index (χ0n) is 20.3. The number of rotatable bonds is 10. The second-order valence-corrected chi connectivity index (χ2v) is 9.93. The summed E-state index contributed by atoms with van der Waals surface area (Å²) in [6.07, 6.45) is 0.562. The van der Waals surface area contributed by atoms with Crippen molar-refractivity contribution >= 4 is 28.0 Å². The Kier molecular flexibility index (Phi) is 9.33. The van der Waals surface area contributed by atoms with Gasteiger partial charge in [-0.2, -0.15) is 0 Å². The van der Waals surface area contributed by atoms with Gasteiger partial charge in [-0.1, -0.05) is 42.5 Å². The Morgan fingerprint density at radius 2 is 1.62 bits per heavy atom. The summed E-state index contributed by atoms with van der Waals surface area (Å²) in [4.78, 5) is 39.7. The fraction of sp³-hybridized carbons (Fsp3) is 0.231. The summed E-state index contributed by atoms with van der Waals surface area (Å²) in [5, 5.41) is 2.84. The lowest BCUT2D eigenvalue weighted by Crippen LogP contribution is -2.30. The largest absolute Gasteiger partial charge is 0.515 e. The van der Waals surface area contributed by atoms with Crippen molar-refractivity contribution in [1.82, 2.24) is 15.0 Å². The number of ether oxygens (including phenoxy) is 2. The number of amides is 2. The first-order valence-electron chi connectivity index (χ1n) is 11.4. The molecule has 2 amide bonds. The van der Waals surface area contributed by atoms with Crippen LogP contribution in [-0.4, -0.2) is 44.0 Å². The first-order valence-corrected chi connectivity index (χ1v) is 12.9. The molecule has 0 aliphatic heterocycles. The molecule has 2 N–H and O–H groups in total. The van der Waals surface area contributed by atoms with Crippen molar-refractivity contribution < 1.29 is 32.3 Å². The highest BCUT2D eigenvalue weighted by Crippen LogP contribution is 2.13. The lowest BCUT2D eigenvalue weighted by Gasteiger charge is -2.09. The highest BCUT2D eigenvalue weighted by Gasteiger charge is 2.19. The molecule has 0 unspecified atom stereocenters. The summed E-state index contributed by atoms with van der Waals surface area (Å²) in [5.41, 5.74) is 1.69. The molecule has 0 fully saturated rings. The van der Waals surface area contributed by atoms with Crippen LogP contribution in [0.3, 0.4) is 0 Å². The summed E-state index contributed by atoms with van der Waals surface area (Å²) in [7, 11) is -4.14. The third-order valence-electron chi connectivity index (χ3n) is 4.92. The molecule has 2 aromatic carbocycles. The molecule has 11 heteroatoms. The van der Waals surface area contributed by atoms with Crippen LogP contribution in [0.15, 0.2) is 77.8 Å². The molecule has 1 aromatic heterocycles. The predicted octanol–water partition coefficient (Wildman–Crippen LogP) is 3.03. The second-order valence-electron chi connectivity index (χ2n) is 8.24. The van der Waals surface area contributed by atoms with Gasteiger partial charge in [0.1, 0.15) is 0 Å². The van der Waals surface area contributed by atoms with E-state index in [-0.39, 0.29) is 34.8 Å². The lowest BCUT2D eigenvalue weighted by atomic mass is 10.1. The van der Waals surface area contributed by atoms with E-state index in [1.54, 1.807) is 26.0 Å². The average Bonchev–Trinajstić information content (AvgIpc) is 2.84. The van der Waals surface area contributed by atoms with E-state index in [1.165, 1.54) is 24.3 Å². The Morgan fingerprint density at radius 3 is 2.24 bits per heavy atom. The van der Waals surface area contributed by atoms with Gasteiger partial charge >= 0.3 is 6.16 Å². The molecule has 0 saturated heterocycles. The molecule has 10 nitrogen and oxygen atoms in total. The van der Waals surface area contributed by atoms with Gasteiger partial charge in [-0.25, -0.2) is 22.9 Å². The minimum atomic E-state index is -4.14. The minimum absolute atomic E-state index is 0.0454. The number of aromatic nitrogens is 1. The van der Waals surface area contributed by atoms with Crippen molar-refractivity contribution in [1.29, 1.82) is 0 Å². The van der Waals surface area contributed by atoms with Gasteiger partial charge in [-0.05, 0) is 49.6 Å². The zero-order chi connectivity index (χ0) is 26.8. The summed E-state index contributed by atoms with van der Waals surface area (Å²) in [6.45, 7) is 3.71. The molecule has 0 atom stereocenters. The summed E-state index contributed by atoms with van der Waals surface area (Å²) in [5.74, 6) is -1.09. The van der Waals surface area contributed by atoms with Gasteiger partial charge in [-0.3, -0.25) is 9.59 Å². The maximum absolute atomic E-state index is 12.6. The summed E-state index contributed by atoms with van der Waals surface area (Å²) in [6, 6.07) is 17.9. The summed E-state index contributed by atoms with van der Waals surface area (Å²) >= 11 is 0. The van der Waals surface area contributed by atoms with Crippen molar-refractivity contribution in [3.63, 3.8) is 0 Å². The van der Waals surface area contributed by atoms with E-state index in [9.17, 15) is 22.8 Å². The number of hydrogen-bond donors (Lipinski definition) is 2. The standard InChI is InChI=1S/C26H27N3O7S/c1-18(2)35-26(32)36-24-13-10-21(17-28-24)25(31)29-37(33,34)22-11-8-19(9-12-22)14-15-27-23(30)16-20-6-4-3-5-7-20/h3-13,17-18H,14-16H2,1-2H3,(H,27,30)(H,29,31). The average molecular weight is 526 g/mol. The van der Waals surface area contributed by atoms with Gasteiger partial charge in [-0.15, -0.1) is 0 Å². The third-order valence-corrected chi connectivity index (χ3v) is 6.27. The van der Waals surface area contributed by atoms with E-state index < -0.39 is 22.1 Å². The fourth-order valence-corrected chi connectivity index (χ4v) is 4.12. The number of benzene rings is 2. The van der Waals surface area contributed by atoms with Crippen LogP contribution in [0.1, 0.15) is 35.3 Å². The number of pyridine rings is 1. The Bertz CT molecular complexity index is 1320. The normalized spacial score (nSPS) is 11.0. The van der Waals surface area contributed by atoms with Gasteiger partial charge in [0, 0.05) is 18.8 Å². The first kappa shape index (κ1) is 27.3. The van der Waals surface area contributed by atoms with E-state index in [4.69, 9.17) is 9.47 Å². The molecule has 1 heterocycles. The second kappa shape index (κ2) is 12.6. The Hall–Kier alpha value is -4.25. The number of hydrogen-bond acceptors (Lipinski definition) is 8. The van der Waals surface area contributed by atoms with Crippen LogP contribution in [0.4, 0.5) is 4.79 Å². The quantitative estimate of drug-likeness (QED) is 0.385. The van der Waals surface area contributed by atoms with Crippen LogP contribution < -0.4 is 14.8 Å². The molecule has 0 aliphatic rings. The van der Waals surface area contributed by atoms with Crippen LogP contribution in [0, 0.1) is 0 Å². The Morgan fingerprint density at radius 1 is 0.919 bits per heavy atom. The van der Waals surface area contributed by atoms with Gasteiger partial charge in [0.2, 0.25) is 11.8 Å². The molecule has 0 saturated carbocycles. The molecule has 3 rings (SSSR count). The molecule has 0 radical (unpaired) electrons. The molecule has 37 heavy (non-hydrogen) atoms. The molecular weight excluding hydrogens is 498 g/mol. The minimum Gasteiger partial charge on any atom is -0.431 e. The van der Waals surface area contributed by atoms with Gasteiger partial charge in [0.15, 0.2) is 0 Å². The number of nitrogens with one attached hydrogen (secondary N) is 2. The van der Waals surface area contributed by atoms with Crippen molar-refractivity contribution in [2.45, 2.75) is 37.7 Å². The number of carbonyl (C=O) groups excluding carboxylic acids is 3. The van der Waals surface area contributed by atoms with E-state index in [0.717, 1.165) is 17.3 Å². The van der Waals surface area contributed by atoms with Crippen LogP contribution in [0.25, 0.3) is 0 Å². The number of sulfonamides is 1. The van der Waals surface area contributed by atoms with E-state index in [2.05, 4.69) is 10.3 Å². The van der Waals surface area contributed by atoms with E-state index in [1.807, 2.05) is 35.1 Å². The SMILES string of the molecule is CC(C)OC(=O)Oc1ccc(C(=O)NS(=O)(=O)c2ccc(CCNC(=O)Cc3ccccc3)cc2)cn1. The predicted molar refractivity (Wildman–Crippen MR) is 134 cm³/mol. The molecule has 0 spiro atoms. The van der Waals surface area contributed by atoms with Crippen LogP contribution >= 0.6 is 0 Å². The van der Waals surface area contributed by atoms with Gasteiger partial charge < -0.3 is 14.8 Å². The van der Waals surface area contributed by atoms with Crippen molar-refractivity contribution in [2.75, 3.05) is 6.54 Å². The van der Waals surface area contributed by atoms with Crippen molar-refractivity contribution in [3.8, 4) is 5.88 Å². The maximum Gasteiger partial charge on any atom is 0.515 e. The fourth-order valence-electron chi connectivity index (χ4n) is 3.14. The third kappa shape index (κ3) is 8.73. The van der Waals surface area contributed by atoms with Crippen LogP contribution in [0.5, 0.6) is 5.88 Å². The molecular formula is C26H27N3O7S. The van der Waals surface area contributed by atoms with Crippen LogP contribution in [-0.2, 0) is 32.4 Å². The van der Waals surface area contributed by atoms with Crippen LogP contribution in [0.2, 0.25) is 0 Å². The van der Waals surface area contributed by atoms with Crippen molar-refractivity contribution in [2.24, 2.45) is 0 Å². The Labute approximate surface area is 215 Å². The zero-order valence-corrected chi connectivity index (χ0v) is 21.2. The molecule has 0 aliphatic carbocycles. The van der Waals surface area contributed by atoms with Gasteiger partial charge in [0.25, 0.3) is 15.9 Å². The molecule has 3 aromatic rings. The maximum atomic E-state index is 12.6. The number of nitrogens with zero attached hydrogens (tertiary/aromatic N) is 1. The highest BCUT2D eigenvalue weighted by molar-refractivity contribution is 7.90. The first-order chi connectivity index (χ1) is 17.6.